The molecule has 2 fully saturated rings. The van der Waals surface area contributed by atoms with Gasteiger partial charge in [0.25, 0.3) is 0 Å². The maximum atomic E-state index is 5.54. The molecule has 4 heteroatoms. The second-order valence-electron chi connectivity index (χ2n) is 7.60. The number of aromatic nitrogens is 2. The number of hydrogen-bond acceptors (Lipinski definition) is 4. The summed E-state index contributed by atoms with van der Waals surface area (Å²) < 4.78 is 5.54. The summed E-state index contributed by atoms with van der Waals surface area (Å²) in [5, 5.41) is 3.64. The van der Waals surface area contributed by atoms with Crippen LogP contribution in [-0.4, -0.2) is 22.6 Å². The van der Waals surface area contributed by atoms with Gasteiger partial charge in [-0.05, 0) is 49.9 Å². The third-order valence-corrected chi connectivity index (χ3v) is 5.67. The minimum Gasteiger partial charge on any atom is -0.478 e. The van der Waals surface area contributed by atoms with Crippen LogP contribution in [-0.2, 0) is 0 Å². The van der Waals surface area contributed by atoms with Gasteiger partial charge in [-0.1, -0.05) is 20.8 Å². The quantitative estimate of drug-likeness (QED) is 0.915. The number of anilines is 1. The average Bonchev–Trinajstić information content (AvgIpc) is 2.86. The van der Waals surface area contributed by atoms with Gasteiger partial charge in [0.05, 0.1) is 6.61 Å². The molecule has 2 bridgehead atoms. The molecule has 3 rings (SSSR count). The number of ether oxygens (including phenoxy) is 1. The first-order chi connectivity index (χ1) is 9.85. The van der Waals surface area contributed by atoms with Crippen LogP contribution in [0.4, 0.5) is 5.95 Å². The molecule has 1 heterocycles. The first-order valence-electron chi connectivity index (χ1n) is 8.10. The maximum Gasteiger partial charge on any atom is 0.226 e. The number of fused-ring (bicyclic) bond motifs is 2. The topological polar surface area (TPSA) is 47.0 Å². The predicted molar refractivity (Wildman–Crippen MR) is 84.6 cm³/mol. The lowest BCUT2D eigenvalue weighted by atomic mass is 9.68. The second kappa shape index (κ2) is 4.85. The van der Waals surface area contributed by atoms with Crippen molar-refractivity contribution < 1.29 is 4.74 Å². The fourth-order valence-corrected chi connectivity index (χ4v) is 4.62. The van der Waals surface area contributed by atoms with Crippen LogP contribution < -0.4 is 10.1 Å². The van der Waals surface area contributed by atoms with Gasteiger partial charge >= 0.3 is 0 Å². The maximum absolute atomic E-state index is 5.54. The summed E-state index contributed by atoms with van der Waals surface area (Å²) in [5.41, 5.74) is 1.61. The van der Waals surface area contributed by atoms with Crippen LogP contribution in [0.1, 0.15) is 52.7 Å². The normalized spacial score (nSPS) is 33.2. The molecule has 1 N–H and O–H groups in total. The minimum atomic E-state index is 0.298. The third kappa shape index (κ3) is 2.39. The molecule has 3 atom stereocenters. The number of rotatable bonds is 4. The summed E-state index contributed by atoms with van der Waals surface area (Å²) in [6, 6.07) is 2.32. The molecule has 2 aliphatic rings. The van der Waals surface area contributed by atoms with E-state index in [2.05, 4.69) is 36.1 Å². The molecule has 2 saturated carbocycles. The fourth-order valence-electron chi connectivity index (χ4n) is 4.62. The molecular weight excluding hydrogens is 262 g/mol. The van der Waals surface area contributed by atoms with Gasteiger partial charge in [-0.15, -0.1) is 0 Å². The van der Waals surface area contributed by atoms with Crippen molar-refractivity contribution in [1.82, 2.24) is 9.97 Å². The molecule has 21 heavy (non-hydrogen) atoms. The highest BCUT2D eigenvalue weighted by Gasteiger charge is 2.59. The molecular formula is C17H27N3O. The van der Waals surface area contributed by atoms with Crippen molar-refractivity contribution in [2.75, 3.05) is 11.9 Å². The Labute approximate surface area is 127 Å². The SMILES string of the molecule is CCOc1cc(C)nc(NC2C3(C)CCC(C3)C2(C)C)n1. The fraction of sp³-hybridized carbons (Fsp3) is 0.765. The zero-order chi connectivity index (χ0) is 15.3. The molecule has 2 aliphatic carbocycles. The lowest BCUT2D eigenvalue weighted by molar-refractivity contribution is 0.154. The van der Waals surface area contributed by atoms with Crippen LogP contribution in [0.2, 0.25) is 0 Å². The van der Waals surface area contributed by atoms with Gasteiger partial charge in [0.15, 0.2) is 0 Å². The Hall–Kier alpha value is -1.32. The highest BCUT2D eigenvalue weighted by molar-refractivity contribution is 5.35. The van der Waals surface area contributed by atoms with E-state index in [1.165, 1.54) is 19.3 Å². The van der Waals surface area contributed by atoms with E-state index in [-0.39, 0.29) is 0 Å². The van der Waals surface area contributed by atoms with Gasteiger partial charge < -0.3 is 10.1 Å². The summed E-state index contributed by atoms with van der Waals surface area (Å²) in [5.74, 6) is 2.19. The molecule has 1 aromatic rings. The van der Waals surface area contributed by atoms with Crippen molar-refractivity contribution in [3.8, 4) is 5.88 Å². The largest absolute Gasteiger partial charge is 0.478 e. The Morgan fingerprint density at radius 3 is 2.71 bits per heavy atom. The molecule has 0 spiro atoms. The first kappa shape index (κ1) is 14.6. The van der Waals surface area contributed by atoms with Gasteiger partial charge in [0, 0.05) is 17.8 Å². The van der Waals surface area contributed by atoms with Crippen LogP contribution >= 0.6 is 0 Å². The van der Waals surface area contributed by atoms with Crippen molar-refractivity contribution in [2.45, 2.75) is 59.9 Å². The van der Waals surface area contributed by atoms with Crippen LogP contribution in [0.5, 0.6) is 5.88 Å². The van der Waals surface area contributed by atoms with Crippen LogP contribution in [0, 0.1) is 23.7 Å². The summed E-state index contributed by atoms with van der Waals surface area (Å²) in [6.45, 7) is 11.8. The van der Waals surface area contributed by atoms with Gasteiger partial charge in [-0.3, -0.25) is 0 Å². The standard InChI is InChI=1S/C17H27N3O/c1-6-21-13-9-11(2)18-15(19-13)20-14-16(3,4)12-7-8-17(14,5)10-12/h9,12,14H,6-8,10H2,1-5H3,(H,18,19,20). The van der Waals surface area contributed by atoms with Crippen molar-refractivity contribution in [2.24, 2.45) is 16.7 Å². The first-order valence-corrected chi connectivity index (χ1v) is 8.10. The summed E-state index contributed by atoms with van der Waals surface area (Å²) >= 11 is 0. The van der Waals surface area contributed by atoms with E-state index in [1.807, 2.05) is 19.9 Å². The Bertz CT molecular complexity index is 538. The van der Waals surface area contributed by atoms with E-state index >= 15 is 0 Å². The van der Waals surface area contributed by atoms with E-state index in [1.54, 1.807) is 0 Å². The van der Waals surface area contributed by atoms with E-state index < -0.39 is 0 Å². The van der Waals surface area contributed by atoms with Gasteiger partial charge in [0.2, 0.25) is 11.8 Å². The highest BCUT2D eigenvalue weighted by atomic mass is 16.5. The smallest absolute Gasteiger partial charge is 0.226 e. The average molecular weight is 289 g/mol. The Balaban J connectivity index is 1.86. The van der Waals surface area contributed by atoms with Crippen LogP contribution in [0.3, 0.4) is 0 Å². The van der Waals surface area contributed by atoms with Gasteiger partial charge in [0.1, 0.15) is 0 Å². The molecule has 0 radical (unpaired) electrons. The summed E-state index contributed by atoms with van der Waals surface area (Å²) in [7, 11) is 0. The molecule has 0 amide bonds. The zero-order valence-electron chi connectivity index (χ0n) is 13.9. The molecule has 116 valence electrons. The second-order valence-corrected chi connectivity index (χ2v) is 7.60. The van der Waals surface area contributed by atoms with E-state index in [0.717, 1.165) is 11.6 Å². The Morgan fingerprint density at radius 2 is 2.10 bits per heavy atom. The monoisotopic (exact) mass is 289 g/mol. The van der Waals surface area contributed by atoms with Gasteiger partial charge in [-0.25, -0.2) is 4.98 Å². The minimum absolute atomic E-state index is 0.298. The van der Waals surface area contributed by atoms with Crippen molar-refractivity contribution >= 4 is 5.95 Å². The number of nitrogens with one attached hydrogen (secondary N) is 1. The molecule has 4 nitrogen and oxygen atoms in total. The predicted octanol–water partition coefficient (Wildman–Crippen LogP) is 3.81. The Morgan fingerprint density at radius 1 is 1.33 bits per heavy atom. The van der Waals surface area contributed by atoms with E-state index in [0.29, 0.717) is 35.3 Å². The number of aryl methyl sites for hydroxylation is 1. The molecule has 3 unspecified atom stereocenters. The lowest BCUT2D eigenvalue weighted by Gasteiger charge is -2.43. The van der Waals surface area contributed by atoms with Crippen molar-refractivity contribution in [3.63, 3.8) is 0 Å². The molecule has 0 saturated heterocycles. The van der Waals surface area contributed by atoms with Crippen LogP contribution in [0.15, 0.2) is 6.07 Å². The third-order valence-electron chi connectivity index (χ3n) is 5.67. The zero-order valence-corrected chi connectivity index (χ0v) is 13.9. The Kier molecular flexibility index (Phi) is 3.38. The van der Waals surface area contributed by atoms with Gasteiger partial charge in [-0.2, -0.15) is 4.98 Å². The van der Waals surface area contributed by atoms with E-state index in [4.69, 9.17) is 4.74 Å². The highest BCUT2D eigenvalue weighted by Crippen LogP contribution is 2.62. The number of hydrogen-bond donors (Lipinski definition) is 1. The summed E-state index contributed by atoms with van der Waals surface area (Å²) in [4.78, 5) is 9.08. The van der Waals surface area contributed by atoms with E-state index in [9.17, 15) is 0 Å². The molecule has 1 aromatic heterocycles. The molecule has 0 aromatic carbocycles. The lowest BCUT2D eigenvalue weighted by Crippen LogP contribution is -2.46. The van der Waals surface area contributed by atoms with Crippen molar-refractivity contribution in [1.29, 1.82) is 0 Å². The van der Waals surface area contributed by atoms with Crippen molar-refractivity contribution in [3.05, 3.63) is 11.8 Å². The van der Waals surface area contributed by atoms with Crippen LogP contribution in [0.25, 0.3) is 0 Å². The summed E-state index contributed by atoms with van der Waals surface area (Å²) in [6.07, 6.45) is 3.99. The number of nitrogens with zero attached hydrogens (tertiary/aromatic N) is 2. The molecule has 0 aliphatic heterocycles.